The molecule has 2 aliphatic rings. The first kappa shape index (κ1) is 15.2. The van der Waals surface area contributed by atoms with Gasteiger partial charge in [0.2, 0.25) is 5.91 Å². The number of hydrogen-bond acceptors (Lipinski definition) is 4. The van der Waals surface area contributed by atoms with Crippen molar-refractivity contribution in [2.75, 3.05) is 51.3 Å². The number of carbonyl (C=O) groups excluding carboxylic acids is 1. The first-order valence-electron chi connectivity index (χ1n) is 8.12. The predicted octanol–water partition coefficient (Wildman–Crippen LogP) is 1.34. The van der Waals surface area contributed by atoms with Crippen LogP contribution in [0, 0.1) is 5.92 Å². The molecule has 0 atom stereocenters. The molecule has 1 N–H and O–H groups in total. The van der Waals surface area contributed by atoms with Crippen molar-refractivity contribution in [2.45, 2.75) is 12.8 Å². The van der Waals surface area contributed by atoms with Crippen molar-refractivity contribution < 1.29 is 9.53 Å². The number of rotatable bonds is 6. The third-order valence-electron chi connectivity index (χ3n) is 4.46. The lowest BCUT2D eigenvalue weighted by atomic mass is 10.2. The second-order valence-electron chi connectivity index (χ2n) is 6.21. The van der Waals surface area contributed by atoms with Crippen LogP contribution in [0.1, 0.15) is 12.8 Å². The van der Waals surface area contributed by atoms with Gasteiger partial charge in [0.05, 0.1) is 13.7 Å². The molecular formula is C17H25N3O2. The Bertz CT molecular complexity index is 491. The molecule has 0 radical (unpaired) electrons. The molecule has 0 aromatic heterocycles. The van der Waals surface area contributed by atoms with E-state index in [1.54, 1.807) is 7.11 Å². The highest BCUT2D eigenvalue weighted by atomic mass is 16.5. The van der Waals surface area contributed by atoms with E-state index in [2.05, 4.69) is 27.2 Å². The van der Waals surface area contributed by atoms with Crippen LogP contribution in [0.4, 0.5) is 5.69 Å². The normalized spacial score (nSPS) is 19.0. The highest BCUT2D eigenvalue weighted by Gasteiger charge is 2.23. The molecule has 3 rings (SSSR count). The summed E-state index contributed by atoms with van der Waals surface area (Å²) in [6.07, 6.45) is 2.56. The molecule has 1 aromatic carbocycles. The van der Waals surface area contributed by atoms with Crippen LogP contribution < -0.4 is 15.0 Å². The zero-order valence-electron chi connectivity index (χ0n) is 13.3. The van der Waals surface area contributed by atoms with Crippen LogP contribution in [-0.2, 0) is 4.79 Å². The maximum atomic E-state index is 11.9. The third-order valence-corrected chi connectivity index (χ3v) is 4.46. The van der Waals surface area contributed by atoms with Gasteiger partial charge in [-0.15, -0.1) is 0 Å². The van der Waals surface area contributed by atoms with Crippen LogP contribution in [0.15, 0.2) is 24.3 Å². The second-order valence-corrected chi connectivity index (χ2v) is 6.21. The molecule has 0 unspecified atom stereocenters. The molecule has 1 aromatic rings. The molecule has 120 valence electrons. The van der Waals surface area contributed by atoms with Gasteiger partial charge in [-0.2, -0.15) is 0 Å². The summed E-state index contributed by atoms with van der Waals surface area (Å²) in [6.45, 7) is 5.18. The van der Waals surface area contributed by atoms with E-state index >= 15 is 0 Å². The molecule has 1 amide bonds. The summed E-state index contributed by atoms with van der Waals surface area (Å²) in [5.41, 5.74) is 1.22. The highest BCUT2D eigenvalue weighted by molar-refractivity contribution is 5.78. The molecule has 1 heterocycles. The minimum atomic E-state index is 0.171. The monoisotopic (exact) mass is 303 g/mol. The van der Waals surface area contributed by atoms with Crippen LogP contribution in [-0.4, -0.2) is 57.2 Å². The fourth-order valence-electron chi connectivity index (χ4n) is 2.80. The molecule has 22 heavy (non-hydrogen) atoms. The lowest BCUT2D eigenvalue weighted by molar-refractivity contribution is -0.122. The third kappa shape index (κ3) is 4.13. The van der Waals surface area contributed by atoms with Gasteiger partial charge in [-0.05, 0) is 43.0 Å². The van der Waals surface area contributed by atoms with Crippen molar-refractivity contribution in [2.24, 2.45) is 5.92 Å². The summed E-state index contributed by atoms with van der Waals surface area (Å²) in [7, 11) is 1.68. The van der Waals surface area contributed by atoms with Crippen LogP contribution >= 0.6 is 0 Å². The van der Waals surface area contributed by atoms with E-state index in [-0.39, 0.29) is 5.91 Å². The lowest BCUT2D eigenvalue weighted by Gasteiger charge is -2.35. The zero-order chi connectivity index (χ0) is 15.4. The largest absolute Gasteiger partial charge is 0.497 e. The minimum absolute atomic E-state index is 0.171. The van der Waals surface area contributed by atoms with Crippen molar-refractivity contribution in [3.63, 3.8) is 0 Å². The molecule has 0 bridgehead atoms. The van der Waals surface area contributed by atoms with Gasteiger partial charge < -0.3 is 15.0 Å². The van der Waals surface area contributed by atoms with Crippen LogP contribution in [0.3, 0.4) is 0 Å². The van der Waals surface area contributed by atoms with Gasteiger partial charge in [-0.3, -0.25) is 9.69 Å². The number of anilines is 1. The van der Waals surface area contributed by atoms with Crippen molar-refractivity contribution >= 4 is 11.6 Å². The second kappa shape index (κ2) is 7.01. The number of hydrogen-bond donors (Lipinski definition) is 1. The molecule has 1 saturated carbocycles. The number of amides is 1. The van der Waals surface area contributed by atoms with Crippen molar-refractivity contribution in [3.05, 3.63) is 24.3 Å². The van der Waals surface area contributed by atoms with E-state index in [1.807, 2.05) is 12.1 Å². The summed E-state index contributed by atoms with van der Waals surface area (Å²) < 4.78 is 5.19. The SMILES string of the molecule is COc1ccc(N2CCN(CC(=O)NCC3CC3)CC2)cc1. The van der Waals surface area contributed by atoms with Gasteiger partial charge in [-0.25, -0.2) is 0 Å². The number of piperazine rings is 1. The quantitative estimate of drug-likeness (QED) is 0.861. The smallest absolute Gasteiger partial charge is 0.234 e. The standard InChI is InChI=1S/C17H25N3O2/c1-22-16-6-4-15(5-7-16)20-10-8-19(9-11-20)13-17(21)18-12-14-2-3-14/h4-7,14H,2-3,8-13H2,1H3,(H,18,21). The van der Waals surface area contributed by atoms with Crippen molar-refractivity contribution in [1.82, 2.24) is 10.2 Å². The Morgan fingerprint density at radius 2 is 1.86 bits per heavy atom. The van der Waals surface area contributed by atoms with Gasteiger partial charge >= 0.3 is 0 Å². The average molecular weight is 303 g/mol. The maximum Gasteiger partial charge on any atom is 0.234 e. The van der Waals surface area contributed by atoms with E-state index < -0.39 is 0 Å². The summed E-state index contributed by atoms with van der Waals surface area (Å²) in [4.78, 5) is 16.5. The Kier molecular flexibility index (Phi) is 4.83. The predicted molar refractivity (Wildman–Crippen MR) is 87.4 cm³/mol. The van der Waals surface area contributed by atoms with Gasteiger partial charge in [0.1, 0.15) is 5.75 Å². The van der Waals surface area contributed by atoms with Gasteiger partial charge in [-0.1, -0.05) is 0 Å². The maximum absolute atomic E-state index is 11.9. The Balaban J connectivity index is 1.41. The van der Waals surface area contributed by atoms with Crippen LogP contribution in [0.25, 0.3) is 0 Å². The minimum Gasteiger partial charge on any atom is -0.497 e. The fourth-order valence-corrected chi connectivity index (χ4v) is 2.80. The zero-order valence-corrected chi connectivity index (χ0v) is 13.3. The van der Waals surface area contributed by atoms with E-state index in [0.29, 0.717) is 6.54 Å². The van der Waals surface area contributed by atoms with E-state index in [4.69, 9.17) is 4.74 Å². The first-order valence-corrected chi connectivity index (χ1v) is 8.12. The Hall–Kier alpha value is -1.75. The number of nitrogens with one attached hydrogen (secondary N) is 1. The van der Waals surface area contributed by atoms with Gasteiger partial charge in [0.15, 0.2) is 0 Å². The summed E-state index contributed by atoms with van der Waals surface area (Å²) in [6, 6.07) is 8.17. The van der Waals surface area contributed by atoms with E-state index in [1.165, 1.54) is 18.5 Å². The van der Waals surface area contributed by atoms with Crippen molar-refractivity contribution in [1.29, 1.82) is 0 Å². The molecule has 1 aliphatic carbocycles. The average Bonchev–Trinajstić information content (AvgIpc) is 3.38. The number of carbonyl (C=O) groups is 1. The van der Waals surface area contributed by atoms with Gasteiger partial charge in [0, 0.05) is 38.4 Å². The van der Waals surface area contributed by atoms with E-state index in [0.717, 1.165) is 44.4 Å². The fraction of sp³-hybridized carbons (Fsp3) is 0.588. The number of ether oxygens (including phenoxy) is 1. The topological polar surface area (TPSA) is 44.8 Å². The summed E-state index contributed by atoms with van der Waals surface area (Å²) in [5.74, 6) is 1.80. The molecule has 1 aliphatic heterocycles. The number of methoxy groups -OCH3 is 1. The molecule has 1 saturated heterocycles. The van der Waals surface area contributed by atoms with Crippen molar-refractivity contribution in [3.8, 4) is 5.75 Å². The summed E-state index contributed by atoms with van der Waals surface area (Å²) >= 11 is 0. The molecule has 2 fully saturated rings. The Morgan fingerprint density at radius 3 is 2.45 bits per heavy atom. The first-order chi connectivity index (χ1) is 10.7. The highest BCUT2D eigenvalue weighted by Crippen LogP contribution is 2.27. The van der Waals surface area contributed by atoms with Crippen LogP contribution in [0.5, 0.6) is 5.75 Å². The molecule has 5 nitrogen and oxygen atoms in total. The van der Waals surface area contributed by atoms with Gasteiger partial charge in [0.25, 0.3) is 0 Å². The molecule has 5 heteroatoms. The van der Waals surface area contributed by atoms with E-state index in [9.17, 15) is 4.79 Å². The number of benzene rings is 1. The summed E-state index contributed by atoms with van der Waals surface area (Å²) in [5, 5.41) is 3.04. The Labute approximate surface area is 132 Å². The lowest BCUT2D eigenvalue weighted by Crippen LogP contribution is -2.49. The Morgan fingerprint density at radius 1 is 1.18 bits per heavy atom. The van der Waals surface area contributed by atoms with Crippen LogP contribution in [0.2, 0.25) is 0 Å². The molecular weight excluding hydrogens is 278 g/mol. The number of nitrogens with zero attached hydrogens (tertiary/aromatic N) is 2. The molecule has 0 spiro atoms.